The highest BCUT2D eigenvalue weighted by Crippen LogP contribution is 2.43. The molecule has 0 amide bonds. The van der Waals surface area contributed by atoms with Crippen LogP contribution in [0.5, 0.6) is 0 Å². The summed E-state index contributed by atoms with van der Waals surface area (Å²) in [7, 11) is 0. The molecule has 1 fully saturated rings. The van der Waals surface area contributed by atoms with Crippen LogP contribution in [-0.4, -0.2) is 10.9 Å². The first-order chi connectivity index (χ1) is 11.7. The molecule has 1 heterocycles. The Balaban J connectivity index is 1.97. The summed E-state index contributed by atoms with van der Waals surface area (Å²) in [5, 5.41) is 0. The Labute approximate surface area is 146 Å². The molecular weight excluding hydrogens is 294 g/mol. The Morgan fingerprint density at radius 1 is 1.25 bits per heavy atom. The second kappa shape index (κ2) is 7.25. The van der Waals surface area contributed by atoms with Gasteiger partial charge in [0, 0.05) is 11.4 Å². The normalized spacial score (nSPS) is 19.5. The topological polar surface area (TPSA) is 41.6 Å². The summed E-state index contributed by atoms with van der Waals surface area (Å²) in [5.74, 6) is 1.41. The first-order valence-corrected chi connectivity index (χ1v) is 9.25. The lowest BCUT2D eigenvalue weighted by Gasteiger charge is -2.38. The van der Waals surface area contributed by atoms with E-state index in [-0.39, 0.29) is 6.04 Å². The van der Waals surface area contributed by atoms with Crippen molar-refractivity contribution in [2.75, 3.05) is 0 Å². The summed E-state index contributed by atoms with van der Waals surface area (Å²) in [6, 6.07) is 10.9. The molecule has 1 aromatic rings. The maximum absolute atomic E-state index is 6.41. The lowest BCUT2D eigenvalue weighted by atomic mass is 9.95. The van der Waals surface area contributed by atoms with Crippen LogP contribution in [0, 0.1) is 5.92 Å². The fraction of sp³-hybridized carbons (Fsp3) is 0.476. The third kappa shape index (κ3) is 3.40. The van der Waals surface area contributed by atoms with Crippen molar-refractivity contribution in [2.24, 2.45) is 16.6 Å². The standard InChI is InChI=1S/C21H29N3/c1-4-9-18-15(3)24(21(22)23-19(18)5-2)20(14-16-12-13-16)17-10-7-6-8-11-17/h6-8,10-11,16,20H,3-5,9,12-14H2,1-2H3,(H2,22,23). The van der Waals surface area contributed by atoms with Crippen LogP contribution in [0.3, 0.4) is 0 Å². The van der Waals surface area contributed by atoms with Crippen molar-refractivity contribution in [2.45, 2.75) is 58.4 Å². The fourth-order valence-corrected chi connectivity index (χ4v) is 3.62. The number of aliphatic imine (C=N–C) groups is 1. The number of nitrogens with zero attached hydrogens (tertiary/aromatic N) is 2. The van der Waals surface area contributed by atoms with E-state index in [1.165, 1.54) is 24.0 Å². The maximum atomic E-state index is 6.41. The molecular formula is C21H29N3. The van der Waals surface area contributed by atoms with Gasteiger partial charge in [0.2, 0.25) is 5.96 Å². The van der Waals surface area contributed by atoms with Crippen LogP contribution < -0.4 is 5.73 Å². The van der Waals surface area contributed by atoms with E-state index in [1.54, 1.807) is 0 Å². The zero-order valence-corrected chi connectivity index (χ0v) is 15.0. The van der Waals surface area contributed by atoms with Gasteiger partial charge in [0.1, 0.15) is 0 Å². The molecule has 0 saturated heterocycles. The summed E-state index contributed by atoms with van der Waals surface area (Å²) in [4.78, 5) is 6.94. The van der Waals surface area contributed by atoms with E-state index in [0.717, 1.165) is 43.0 Å². The van der Waals surface area contributed by atoms with Crippen molar-refractivity contribution < 1.29 is 0 Å². The third-order valence-electron chi connectivity index (χ3n) is 5.07. The van der Waals surface area contributed by atoms with E-state index in [2.05, 4.69) is 55.7 Å². The van der Waals surface area contributed by atoms with E-state index < -0.39 is 0 Å². The zero-order valence-electron chi connectivity index (χ0n) is 15.0. The molecule has 3 rings (SSSR count). The lowest BCUT2D eigenvalue weighted by molar-refractivity contribution is 0.342. The zero-order chi connectivity index (χ0) is 17.1. The number of guanidine groups is 1. The minimum absolute atomic E-state index is 0.236. The number of rotatable bonds is 7. The second-order valence-corrected chi connectivity index (χ2v) is 6.92. The smallest absolute Gasteiger partial charge is 0.201 e. The van der Waals surface area contributed by atoms with Crippen LogP contribution in [-0.2, 0) is 0 Å². The van der Waals surface area contributed by atoms with Crippen molar-refractivity contribution in [3.63, 3.8) is 0 Å². The first-order valence-electron chi connectivity index (χ1n) is 9.25. The molecule has 2 aliphatic rings. The quantitative estimate of drug-likeness (QED) is 0.755. The van der Waals surface area contributed by atoms with Gasteiger partial charge in [-0.3, -0.25) is 0 Å². The lowest BCUT2D eigenvalue weighted by Crippen LogP contribution is -2.42. The second-order valence-electron chi connectivity index (χ2n) is 6.92. The van der Waals surface area contributed by atoms with Crippen molar-refractivity contribution in [3.05, 3.63) is 59.4 Å². The predicted octanol–water partition coefficient (Wildman–Crippen LogP) is 5.14. The van der Waals surface area contributed by atoms with Crippen LogP contribution in [0.15, 0.2) is 58.9 Å². The highest BCUT2D eigenvalue weighted by Gasteiger charge is 2.34. The van der Waals surface area contributed by atoms with Gasteiger partial charge in [0.05, 0.1) is 6.04 Å². The average molecular weight is 323 g/mol. The molecule has 1 aliphatic carbocycles. The minimum Gasteiger partial charge on any atom is -0.369 e. The van der Waals surface area contributed by atoms with Crippen molar-refractivity contribution in [3.8, 4) is 0 Å². The van der Waals surface area contributed by atoms with Crippen LogP contribution >= 0.6 is 0 Å². The van der Waals surface area contributed by atoms with E-state index in [9.17, 15) is 0 Å². The number of hydrogen-bond donors (Lipinski definition) is 1. The molecule has 1 atom stereocenters. The van der Waals surface area contributed by atoms with Crippen LogP contribution in [0.4, 0.5) is 0 Å². The SMILES string of the molecule is C=C1C(CCC)=C(CC)N=C(N)N1C(CC1CC1)c1ccccc1. The number of benzene rings is 1. The highest BCUT2D eigenvalue weighted by molar-refractivity contribution is 5.84. The molecule has 24 heavy (non-hydrogen) atoms. The molecule has 1 aliphatic heterocycles. The van der Waals surface area contributed by atoms with Crippen molar-refractivity contribution in [1.82, 2.24) is 4.90 Å². The van der Waals surface area contributed by atoms with Crippen LogP contribution in [0.1, 0.15) is 64.0 Å². The Morgan fingerprint density at radius 2 is 1.96 bits per heavy atom. The molecule has 0 aromatic heterocycles. The molecule has 128 valence electrons. The summed E-state index contributed by atoms with van der Waals surface area (Å²) in [6.07, 6.45) is 6.80. The fourth-order valence-electron chi connectivity index (χ4n) is 3.62. The van der Waals surface area contributed by atoms with Crippen molar-refractivity contribution in [1.29, 1.82) is 0 Å². The summed E-state index contributed by atoms with van der Waals surface area (Å²) >= 11 is 0. The van der Waals surface area contributed by atoms with E-state index in [1.807, 2.05) is 0 Å². The summed E-state index contributed by atoms with van der Waals surface area (Å²) in [6.45, 7) is 8.77. The summed E-state index contributed by atoms with van der Waals surface area (Å²) in [5.41, 5.74) is 11.2. The van der Waals surface area contributed by atoms with Crippen LogP contribution in [0.25, 0.3) is 0 Å². The molecule has 2 N–H and O–H groups in total. The van der Waals surface area contributed by atoms with Gasteiger partial charge in [0.25, 0.3) is 0 Å². The van der Waals surface area contributed by atoms with Gasteiger partial charge in [-0.25, -0.2) is 4.99 Å². The molecule has 0 bridgehead atoms. The Morgan fingerprint density at radius 3 is 2.54 bits per heavy atom. The first kappa shape index (κ1) is 16.8. The van der Waals surface area contributed by atoms with Gasteiger partial charge in [0.15, 0.2) is 0 Å². The molecule has 0 radical (unpaired) electrons. The highest BCUT2D eigenvalue weighted by atomic mass is 15.3. The van der Waals surface area contributed by atoms with E-state index >= 15 is 0 Å². The van der Waals surface area contributed by atoms with Gasteiger partial charge < -0.3 is 10.6 Å². The molecule has 1 aromatic carbocycles. The number of nitrogens with two attached hydrogens (primary N) is 1. The Hall–Kier alpha value is -2.03. The number of hydrogen-bond acceptors (Lipinski definition) is 3. The predicted molar refractivity (Wildman–Crippen MR) is 101 cm³/mol. The molecule has 3 heteroatoms. The molecule has 1 saturated carbocycles. The largest absolute Gasteiger partial charge is 0.369 e. The average Bonchev–Trinajstić information content (AvgIpc) is 3.41. The van der Waals surface area contributed by atoms with Gasteiger partial charge in [-0.05, 0) is 36.3 Å². The van der Waals surface area contributed by atoms with Gasteiger partial charge in [-0.1, -0.05) is 70.0 Å². The van der Waals surface area contributed by atoms with Gasteiger partial charge in [-0.2, -0.15) is 0 Å². The summed E-state index contributed by atoms with van der Waals surface area (Å²) < 4.78 is 0. The Kier molecular flexibility index (Phi) is 5.08. The van der Waals surface area contributed by atoms with Crippen molar-refractivity contribution >= 4 is 5.96 Å². The molecule has 1 unspecified atom stereocenters. The third-order valence-corrected chi connectivity index (χ3v) is 5.07. The van der Waals surface area contributed by atoms with Gasteiger partial charge >= 0.3 is 0 Å². The molecule has 0 spiro atoms. The Bertz CT molecular complexity index is 653. The van der Waals surface area contributed by atoms with Crippen LogP contribution in [0.2, 0.25) is 0 Å². The van der Waals surface area contributed by atoms with E-state index in [4.69, 9.17) is 10.7 Å². The molecule has 3 nitrogen and oxygen atoms in total. The van der Waals surface area contributed by atoms with Gasteiger partial charge in [-0.15, -0.1) is 0 Å². The maximum Gasteiger partial charge on any atom is 0.201 e. The monoisotopic (exact) mass is 323 g/mol. The van der Waals surface area contributed by atoms with E-state index in [0.29, 0.717) is 5.96 Å². The number of allylic oxidation sites excluding steroid dienone is 2. The minimum atomic E-state index is 0.236.